The van der Waals surface area contributed by atoms with Crippen LogP contribution in [0.2, 0.25) is 0 Å². The number of benzene rings is 1. The molecular formula is C22H25N3O2S. The predicted molar refractivity (Wildman–Crippen MR) is 112 cm³/mol. The first-order chi connectivity index (χ1) is 13.5. The molecule has 5 nitrogen and oxygen atoms in total. The molecule has 1 saturated heterocycles. The van der Waals surface area contributed by atoms with Crippen LogP contribution in [-0.4, -0.2) is 34.4 Å². The van der Waals surface area contributed by atoms with Gasteiger partial charge in [-0.05, 0) is 49.9 Å². The van der Waals surface area contributed by atoms with E-state index >= 15 is 0 Å². The van der Waals surface area contributed by atoms with Crippen molar-refractivity contribution in [3.05, 3.63) is 51.8 Å². The average molecular weight is 396 g/mol. The lowest BCUT2D eigenvalue weighted by molar-refractivity contribution is 0.0740. The van der Waals surface area contributed by atoms with Crippen molar-refractivity contribution in [2.45, 2.75) is 46.1 Å². The zero-order chi connectivity index (χ0) is 19.8. The molecule has 0 saturated carbocycles. The summed E-state index contributed by atoms with van der Waals surface area (Å²) in [5.74, 6) is 1.78. The molecule has 28 heavy (non-hydrogen) atoms. The number of likely N-dealkylation sites (tertiary alicyclic amines) is 1. The number of carbonyl (C=O) groups is 1. The van der Waals surface area contributed by atoms with Crippen molar-refractivity contribution in [3.63, 3.8) is 0 Å². The number of hydrogen-bond acceptors (Lipinski definition) is 5. The molecule has 146 valence electrons. The van der Waals surface area contributed by atoms with Gasteiger partial charge in [-0.2, -0.15) is 0 Å². The van der Waals surface area contributed by atoms with E-state index < -0.39 is 0 Å². The minimum atomic E-state index is 0.108. The summed E-state index contributed by atoms with van der Waals surface area (Å²) < 4.78 is 5.26. The minimum absolute atomic E-state index is 0.108. The fraction of sp³-hybridized carbons (Fsp3) is 0.409. The smallest absolute Gasteiger partial charge is 0.264 e. The van der Waals surface area contributed by atoms with Gasteiger partial charge in [0.25, 0.3) is 5.91 Å². The molecule has 1 atom stereocenters. The normalized spacial score (nSPS) is 16.7. The Morgan fingerprint density at radius 2 is 2.00 bits per heavy atom. The summed E-state index contributed by atoms with van der Waals surface area (Å²) >= 11 is 1.50. The third-order valence-corrected chi connectivity index (χ3v) is 6.72. The van der Waals surface area contributed by atoms with Gasteiger partial charge in [0.15, 0.2) is 0 Å². The van der Waals surface area contributed by atoms with Gasteiger partial charge in [-0.3, -0.25) is 4.79 Å². The second-order valence-corrected chi connectivity index (χ2v) is 8.24. The molecule has 4 rings (SSSR count). The molecule has 3 aromatic rings. The quantitative estimate of drug-likeness (QED) is 0.633. The van der Waals surface area contributed by atoms with Gasteiger partial charge >= 0.3 is 0 Å². The maximum atomic E-state index is 13.5. The van der Waals surface area contributed by atoms with Crippen LogP contribution in [0.1, 0.15) is 58.1 Å². The lowest BCUT2D eigenvalue weighted by Crippen LogP contribution is -2.30. The molecule has 0 radical (unpaired) electrons. The summed E-state index contributed by atoms with van der Waals surface area (Å²) in [5, 5.41) is 1.03. The van der Waals surface area contributed by atoms with Crippen LogP contribution in [0.25, 0.3) is 10.2 Å². The van der Waals surface area contributed by atoms with Gasteiger partial charge < -0.3 is 9.64 Å². The molecule has 0 N–H and O–H groups in total. The van der Waals surface area contributed by atoms with Gasteiger partial charge in [0, 0.05) is 24.0 Å². The van der Waals surface area contributed by atoms with E-state index in [4.69, 9.17) is 4.74 Å². The van der Waals surface area contributed by atoms with Gasteiger partial charge in [-0.25, -0.2) is 9.97 Å². The predicted octanol–water partition coefficient (Wildman–Crippen LogP) is 4.86. The van der Waals surface area contributed by atoms with Crippen LogP contribution in [0.5, 0.6) is 5.75 Å². The molecule has 2 aromatic heterocycles. The van der Waals surface area contributed by atoms with Crippen molar-refractivity contribution in [1.82, 2.24) is 14.9 Å². The Hall–Kier alpha value is -2.47. The number of fused-ring (bicyclic) bond motifs is 1. The SMILES string of the molecule is CCc1nc(C)c2c(C)c(C(=O)N3CCCC3c3ccc(OC)cc3)sc2n1. The Bertz CT molecular complexity index is 1030. The Labute approximate surface area is 169 Å². The van der Waals surface area contributed by atoms with Crippen LogP contribution in [-0.2, 0) is 6.42 Å². The van der Waals surface area contributed by atoms with Gasteiger partial charge in [0.05, 0.1) is 18.0 Å². The van der Waals surface area contributed by atoms with E-state index in [1.807, 2.05) is 30.9 Å². The number of hydrogen-bond donors (Lipinski definition) is 0. The van der Waals surface area contributed by atoms with Crippen molar-refractivity contribution in [2.24, 2.45) is 0 Å². The molecule has 1 aromatic carbocycles. The number of aromatic nitrogens is 2. The van der Waals surface area contributed by atoms with Crippen LogP contribution >= 0.6 is 11.3 Å². The number of thiophene rings is 1. The number of carbonyl (C=O) groups excluding carboxylic acids is 1. The topological polar surface area (TPSA) is 55.3 Å². The van der Waals surface area contributed by atoms with Gasteiger partial charge in [0.1, 0.15) is 16.4 Å². The molecule has 0 bridgehead atoms. The van der Waals surface area contributed by atoms with Crippen LogP contribution in [0.15, 0.2) is 24.3 Å². The maximum Gasteiger partial charge on any atom is 0.264 e. The molecule has 0 spiro atoms. The summed E-state index contributed by atoms with van der Waals surface area (Å²) in [5.41, 5.74) is 3.13. The molecular weight excluding hydrogens is 370 g/mol. The molecule has 3 heterocycles. The number of rotatable bonds is 4. The van der Waals surface area contributed by atoms with E-state index in [1.165, 1.54) is 11.3 Å². The number of aryl methyl sites for hydroxylation is 3. The first-order valence-corrected chi connectivity index (χ1v) is 10.6. The highest BCUT2D eigenvalue weighted by Gasteiger charge is 2.33. The van der Waals surface area contributed by atoms with E-state index in [0.29, 0.717) is 0 Å². The summed E-state index contributed by atoms with van der Waals surface area (Å²) in [6.07, 6.45) is 2.80. The lowest BCUT2D eigenvalue weighted by atomic mass is 10.0. The van der Waals surface area contributed by atoms with Crippen LogP contribution < -0.4 is 4.74 Å². The zero-order valence-corrected chi connectivity index (χ0v) is 17.6. The highest BCUT2D eigenvalue weighted by Crippen LogP contribution is 2.38. The maximum absolute atomic E-state index is 13.5. The van der Waals surface area contributed by atoms with Crippen molar-refractivity contribution in [2.75, 3.05) is 13.7 Å². The molecule has 6 heteroatoms. The minimum Gasteiger partial charge on any atom is -0.497 e. The number of methoxy groups -OCH3 is 1. The Morgan fingerprint density at radius 3 is 2.68 bits per heavy atom. The van der Waals surface area contributed by atoms with Crippen molar-refractivity contribution in [3.8, 4) is 5.75 Å². The third kappa shape index (κ3) is 3.15. The molecule has 1 amide bonds. The van der Waals surface area contributed by atoms with Crippen molar-refractivity contribution >= 4 is 27.5 Å². The first-order valence-electron chi connectivity index (χ1n) is 9.75. The van der Waals surface area contributed by atoms with E-state index in [0.717, 1.165) is 69.3 Å². The number of nitrogens with zero attached hydrogens (tertiary/aromatic N) is 3. The fourth-order valence-electron chi connectivity index (χ4n) is 4.07. The van der Waals surface area contributed by atoms with Crippen LogP contribution in [0, 0.1) is 13.8 Å². The molecule has 0 aliphatic carbocycles. The van der Waals surface area contributed by atoms with E-state index in [9.17, 15) is 4.79 Å². The lowest BCUT2D eigenvalue weighted by Gasteiger charge is -2.25. The third-order valence-electron chi connectivity index (χ3n) is 5.54. The Balaban J connectivity index is 1.69. The molecule has 1 unspecified atom stereocenters. The summed E-state index contributed by atoms with van der Waals surface area (Å²) in [4.78, 5) is 26.5. The largest absolute Gasteiger partial charge is 0.497 e. The second-order valence-electron chi connectivity index (χ2n) is 7.24. The standard InChI is InChI=1S/C22H25N3O2S/c1-5-18-23-14(3)19-13(2)20(28-21(19)24-18)22(26)25-12-6-7-17(25)15-8-10-16(27-4)11-9-15/h8-11,17H,5-7,12H2,1-4H3. The van der Waals surface area contributed by atoms with E-state index in [1.54, 1.807) is 7.11 Å². The molecule has 1 fully saturated rings. The second kappa shape index (κ2) is 7.51. The van der Waals surface area contributed by atoms with Gasteiger partial charge in [-0.1, -0.05) is 19.1 Å². The van der Waals surface area contributed by atoms with Crippen molar-refractivity contribution in [1.29, 1.82) is 0 Å². The van der Waals surface area contributed by atoms with Crippen LogP contribution in [0.3, 0.4) is 0 Å². The fourth-order valence-corrected chi connectivity index (χ4v) is 5.28. The van der Waals surface area contributed by atoms with E-state index in [-0.39, 0.29) is 11.9 Å². The Kier molecular flexibility index (Phi) is 5.06. The van der Waals surface area contributed by atoms with Crippen molar-refractivity contribution < 1.29 is 9.53 Å². The summed E-state index contributed by atoms with van der Waals surface area (Å²) in [6.45, 7) is 6.87. The van der Waals surface area contributed by atoms with Gasteiger partial charge in [0.2, 0.25) is 0 Å². The average Bonchev–Trinajstić information content (AvgIpc) is 3.32. The zero-order valence-electron chi connectivity index (χ0n) is 16.8. The van der Waals surface area contributed by atoms with E-state index in [2.05, 4.69) is 29.0 Å². The number of amides is 1. The first kappa shape index (κ1) is 18.9. The molecule has 1 aliphatic heterocycles. The monoisotopic (exact) mass is 395 g/mol. The highest BCUT2D eigenvalue weighted by atomic mass is 32.1. The summed E-state index contributed by atoms with van der Waals surface area (Å²) in [7, 11) is 1.67. The Morgan fingerprint density at radius 1 is 1.25 bits per heavy atom. The number of ether oxygens (including phenoxy) is 1. The summed E-state index contributed by atoms with van der Waals surface area (Å²) in [6, 6.07) is 8.17. The van der Waals surface area contributed by atoms with Gasteiger partial charge in [-0.15, -0.1) is 11.3 Å². The molecule has 1 aliphatic rings. The van der Waals surface area contributed by atoms with Crippen LogP contribution in [0.4, 0.5) is 0 Å². The highest BCUT2D eigenvalue weighted by molar-refractivity contribution is 7.20.